The summed E-state index contributed by atoms with van der Waals surface area (Å²) < 4.78 is 18.8. The van der Waals surface area contributed by atoms with Crippen LogP contribution in [0.25, 0.3) is 0 Å². The number of carbonyl (C=O) groups is 1. The van der Waals surface area contributed by atoms with E-state index in [1.54, 1.807) is 42.5 Å². The van der Waals surface area contributed by atoms with E-state index >= 15 is 0 Å². The summed E-state index contributed by atoms with van der Waals surface area (Å²) in [5, 5.41) is 2.84. The molecule has 6 heteroatoms. The normalized spacial score (nSPS) is 10.4. The monoisotopic (exact) mass is 319 g/mol. The van der Waals surface area contributed by atoms with Gasteiger partial charge in [0.1, 0.15) is 11.6 Å². The lowest BCUT2D eigenvalue weighted by Gasteiger charge is -2.21. The fraction of sp³-hybridized carbons (Fsp3) is 0.353. The van der Waals surface area contributed by atoms with Crippen molar-refractivity contribution < 1.29 is 13.6 Å². The molecule has 0 spiro atoms. The summed E-state index contributed by atoms with van der Waals surface area (Å²) in [6.07, 6.45) is 2.31. The zero-order valence-corrected chi connectivity index (χ0v) is 13.5. The molecule has 1 N–H and O–H groups in total. The van der Waals surface area contributed by atoms with Crippen molar-refractivity contribution in [3.63, 3.8) is 0 Å². The van der Waals surface area contributed by atoms with Gasteiger partial charge in [-0.3, -0.25) is 0 Å². The van der Waals surface area contributed by atoms with E-state index in [4.69, 9.17) is 4.42 Å². The number of benzene rings is 1. The molecule has 1 aromatic heterocycles. The molecule has 2 aromatic rings. The molecule has 0 bridgehead atoms. The standard InChI is InChI=1S/C17H22FN3O2/c1-20(16-9-4-3-8-15(16)18)11-6-10-19-17(22)21(2)13-14-7-5-12-23-14/h3-5,7-9,12H,6,10-11,13H2,1-2H3,(H,19,22). The second kappa shape index (κ2) is 8.22. The smallest absolute Gasteiger partial charge is 0.317 e. The minimum absolute atomic E-state index is 0.157. The molecule has 5 nitrogen and oxygen atoms in total. The quantitative estimate of drug-likeness (QED) is 0.798. The van der Waals surface area contributed by atoms with Crippen LogP contribution in [0.5, 0.6) is 0 Å². The van der Waals surface area contributed by atoms with Crippen LogP contribution in [-0.2, 0) is 6.54 Å². The number of amides is 2. The Morgan fingerprint density at radius 2 is 2.00 bits per heavy atom. The predicted molar refractivity (Wildman–Crippen MR) is 87.9 cm³/mol. The van der Waals surface area contributed by atoms with Gasteiger partial charge in [0.25, 0.3) is 0 Å². The molecular weight excluding hydrogens is 297 g/mol. The Morgan fingerprint density at radius 3 is 2.70 bits per heavy atom. The van der Waals surface area contributed by atoms with E-state index in [1.807, 2.05) is 18.0 Å². The van der Waals surface area contributed by atoms with E-state index in [-0.39, 0.29) is 11.8 Å². The van der Waals surface area contributed by atoms with Crippen molar-refractivity contribution in [1.29, 1.82) is 0 Å². The molecule has 0 unspecified atom stereocenters. The molecule has 0 saturated carbocycles. The lowest BCUT2D eigenvalue weighted by atomic mass is 10.2. The SMILES string of the molecule is CN(Cc1ccco1)C(=O)NCCCN(C)c1ccccc1F. The number of nitrogens with zero attached hydrogens (tertiary/aromatic N) is 2. The summed E-state index contributed by atoms with van der Waals surface area (Å²) in [4.78, 5) is 15.3. The molecule has 0 aliphatic carbocycles. The molecule has 23 heavy (non-hydrogen) atoms. The third kappa shape index (κ3) is 5.02. The van der Waals surface area contributed by atoms with E-state index in [1.165, 1.54) is 6.07 Å². The van der Waals surface area contributed by atoms with Gasteiger partial charge in [0.15, 0.2) is 0 Å². The van der Waals surface area contributed by atoms with Crippen LogP contribution in [-0.4, -0.2) is 38.1 Å². The van der Waals surface area contributed by atoms with Crippen LogP contribution in [0.1, 0.15) is 12.2 Å². The third-order valence-electron chi connectivity index (χ3n) is 3.53. The first kappa shape index (κ1) is 16.9. The summed E-state index contributed by atoms with van der Waals surface area (Å²) in [5.41, 5.74) is 0.564. The summed E-state index contributed by atoms with van der Waals surface area (Å²) in [5.74, 6) is 0.499. The minimum Gasteiger partial charge on any atom is -0.467 e. The van der Waals surface area contributed by atoms with Crippen LogP contribution in [0.4, 0.5) is 14.9 Å². The number of urea groups is 1. The van der Waals surface area contributed by atoms with Gasteiger partial charge in [0.05, 0.1) is 18.5 Å². The van der Waals surface area contributed by atoms with Gasteiger partial charge in [0.2, 0.25) is 0 Å². The predicted octanol–water partition coefficient (Wildman–Crippen LogP) is 3.09. The highest BCUT2D eigenvalue weighted by atomic mass is 19.1. The van der Waals surface area contributed by atoms with Crippen molar-refractivity contribution in [3.05, 3.63) is 54.2 Å². The highest BCUT2D eigenvalue weighted by Gasteiger charge is 2.10. The van der Waals surface area contributed by atoms with Crippen LogP contribution in [0, 0.1) is 5.82 Å². The molecule has 1 aromatic carbocycles. The number of furan rings is 1. The van der Waals surface area contributed by atoms with Crippen molar-refractivity contribution in [2.45, 2.75) is 13.0 Å². The Morgan fingerprint density at radius 1 is 1.22 bits per heavy atom. The zero-order chi connectivity index (χ0) is 16.7. The number of anilines is 1. The van der Waals surface area contributed by atoms with Crippen molar-refractivity contribution >= 4 is 11.7 Å². The molecule has 1 heterocycles. The third-order valence-corrected chi connectivity index (χ3v) is 3.53. The van der Waals surface area contributed by atoms with Crippen LogP contribution >= 0.6 is 0 Å². The zero-order valence-electron chi connectivity index (χ0n) is 13.5. The lowest BCUT2D eigenvalue weighted by Crippen LogP contribution is -2.38. The average Bonchev–Trinajstić information content (AvgIpc) is 3.04. The van der Waals surface area contributed by atoms with Crippen molar-refractivity contribution in [2.24, 2.45) is 0 Å². The van der Waals surface area contributed by atoms with Gasteiger partial charge in [-0.15, -0.1) is 0 Å². The molecule has 0 atom stereocenters. The van der Waals surface area contributed by atoms with Gasteiger partial charge in [0, 0.05) is 27.2 Å². The first-order valence-corrected chi connectivity index (χ1v) is 7.55. The molecule has 0 aliphatic rings. The number of hydrogen-bond donors (Lipinski definition) is 1. The fourth-order valence-corrected chi connectivity index (χ4v) is 2.24. The van der Waals surface area contributed by atoms with Gasteiger partial charge in [-0.05, 0) is 30.7 Å². The number of nitrogens with one attached hydrogen (secondary N) is 1. The molecule has 0 fully saturated rings. The highest BCUT2D eigenvalue weighted by Crippen LogP contribution is 2.16. The maximum atomic E-state index is 13.6. The molecule has 124 valence electrons. The van der Waals surface area contributed by atoms with Crippen molar-refractivity contribution in [2.75, 3.05) is 32.1 Å². The van der Waals surface area contributed by atoms with Crippen LogP contribution < -0.4 is 10.2 Å². The fourth-order valence-electron chi connectivity index (χ4n) is 2.24. The van der Waals surface area contributed by atoms with Crippen LogP contribution in [0.2, 0.25) is 0 Å². The van der Waals surface area contributed by atoms with Crippen molar-refractivity contribution in [3.8, 4) is 0 Å². The first-order chi connectivity index (χ1) is 11.1. The van der Waals surface area contributed by atoms with Gasteiger partial charge in [-0.25, -0.2) is 9.18 Å². The van der Waals surface area contributed by atoms with Gasteiger partial charge in [-0.1, -0.05) is 12.1 Å². The largest absolute Gasteiger partial charge is 0.467 e. The van der Waals surface area contributed by atoms with Crippen LogP contribution in [0.15, 0.2) is 47.1 Å². The summed E-state index contributed by atoms with van der Waals surface area (Å²) in [6.45, 7) is 1.61. The maximum absolute atomic E-state index is 13.6. The Kier molecular flexibility index (Phi) is 6.02. The van der Waals surface area contributed by atoms with Gasteiger partial charge >= 0.3 is 6.03 Å². The summed E-state index contributed by atoms with van der Waals surface area (Å²) in [7, 11) is 3.55. The number of hydrogen-bond acceptors (Lipinski definition) is 3. The van der Waals surface area contributed by atoms with E-state index in [0.29, 0.717) is 25.3 Å². The van der Waals surface area contributed by atoms with Gasteiger partial charge < -0.3 is 19.5 Å². The summed E-state index contributed by atoms with van der Waals surface area (Å²) >= 11 is 0. The van der Waals surface area contributed by atoms with E-state index < -0.39 is 0 Å². The Labute approximate surface area is 135 Å². The summed E-state index contributed by atoms with van der Waals surface area (Å²) in [6, 6.07) is 10.1. The second-order valence-corrected chi connectivity index (χ2v) is 5.39. The average molecular weight is 319 g/mol. The molecule has 2 amide bonds. The lowest BCUT2D eigenvalue weighted by molar-refractivity contribution is 0.203. The first-order valence-electron chi connectivity index (χ1n) is 7.55. The molecule has 0 saturated heterocycles. The molecule has 0 aliphatic heterocycles. The van der Waals surface area contributed by atoms with Crippen molar-refractivity contribution in [1.82, 2.24) is 10.2 Å². The number of halogens is 1. The molecule has 2 rings (SSSR count). The molecule has 0 radical (unpaired) electrons. The highest BCUT2D eigenvalue weighted by molar-refractivity contribution is 5.73. The number of rotatable bonds is 7. The van der Waals surface area contributed by atoms with Gasteiger partial charge in [-0.2, -0.15) is 0 Å². The Bertz CT molecular complexity index is 616. The number of para-hydroxylation sites is 1. The van der Waals surface area contributed by atoms with Crippen LogP contribution in [0.3, 0.4) is 0 Å². The number of carbonyl (C=O) groups excluding carboxylic acids is 1. The minimum atomic E-state index is -0.239. The second-order valence-electron chi connectivity index (χ2n) is 5.39. The Balaban J connectivity index is 1.68. The van der Waals surface area contributed by atoms with E-state index in [9.17, 15) is 9.18 Å². The molecular formula is C17H22FN3O2. The maximum Gasteiger partial charge on any atom is 0.317 e. The van der Waals surface area contributed by atoms with E-state index in [2.05, 4.69) is 5.32 Å². The Hall–Kier alpha value is -2.50. The topological polar surface area (TPSA) is 48.7 Å². The van der Waals surface area contributed by atoms with E-state index in [0.717, 1.165) is 12.2 Å².